The third kappa shape index (κ3) is 3.15. The molecule has 0 aliphatic rings. The summed E-state index contributed by atoms with van der Waals surface area (Å²) < 4.78 is 0. The van der Waals surface area contributed by atoms with Gasteiger partial charge in [0, 0.05) is 0 Å². The van der Waals surface area contributed by atoms with E-state index in [2.05, 4.69) is 97.9 Å². The molecule has 0 saturated heterocycles. The van der Waals surface area contributed by atoms with E-state index in [0.29, 0.717) is 0 Å². The van der Waals surface area contributed by atoms with Gasteiger partial charge in [-0.1, -0.05) is 54.6 Å². The van der Waals surface area contributed by atoms with Gasteiger partial charge in [0.1, 0.15) is 23.2 Å². The summed E-state index contributed by atoms with van der Waals surface area (Å²) in [5.74, 6) is 0. The van der Waals surface area contributed by atoms with E-state index in [-0.39, 0.29) is 24.4 Å². The zero-order valence-corrected chi connectivity index (χ0v) is 18.0. The van der Waals surface area contributed by atoms with E-state index in [1.165, 1.54) is 15.9 Å². The summed E-state index contributed by atoms with van der Waals surface area (Å²) in [5, 5.41) is 4.39. The first-order chi connectivity index (χ1) is 10.4. The maximum absolute atomic E-state index is 2.32. The van der Waals surface area contributed by atoms with Crippen LogP contribution < -0.4 is 15.9 Å². The molecule has 3 aromatic rings. The number of benzene rings is 3. The molecule has 112 valence electrons. The second-order valence-electron chi connectivity index (χ2n) is 5.13. The van der Waals surface area contributed by atoms with Crippen molar-refractivity contribution in [3.8, 4) is 0 Å². The summed E-state index contributed by atoms with van der Waals surface area (Å²) in [6.07, 6.45) is 1.14. The van der Waals surface area contributed by atoms with Crippen LogP contribution in [0.15, 0.2) is 91.0 Å². The standard InChI is InChI=1S/C20H20P.Sb.3H/c1-2-21(18-12-6-3-7-13-18,19-14-8-4-9-15-19)20-16-10-5-11-17-20;;;;/h3-17H,2H2,1H3;;;;/q+1;;;;. The van der Waals surface area contributed by atoms with Crippen molar-refractivity contribution >= 4 is 47.6 Å². The Hall–Kier alpha value is -1.09. The molecule has 3 rings (SSSR count). The Kier molecular flexibility index (Phi) is 6.24. The Bertz CT molecular complexity index is 584. The summed E-state index contributed by atoms with van der Waals surface area (Å²) in [5.41, 5.74) is 0. The first-order valence-electron chi connectivity index (χ1n) is 7.43. The van der Waals surface area contributed by atoms with Gasteiger partial charge in [0.15, 0.2) is 0 Å². The van der Waals surface area contributed by atoms with Crippen molar-refractivity contribution in [2.24, 2.45) is 0 Å². The summed E-state index contributed by atoms with van der Waals surface area (Å²) >= 11 is 0. The van der Waals surface area contributed by atoms with Crippen LogP contribution in [-0.4, -0.2) is 30.6 Å². The van der Waals surface area contributed by atoms with Crippen LogP contribution in [0, 0.1) is 0 Å². The molecule has 22 heavy (non-hydrogen) atoms. The van der Waals surface area contributed by atoms with E-state index in [1.54, 1.807) is 0 Å². The van der Waals surface area contributed by atoms with Crippen molar-refractivity contribution in [2.75, 3.05) is 6.16 Å². The topological polar surface area (TPSA) is 0 Å². The van der Waals surface area contributed by atoms with Gasteiger partial charge in [0.2, 0.25) is 0 Å². The monoisotopic (exact) mass is 415 g/mol. The van der Waals surface area contributed by atoms with Crippen molar-refractivity contribution in [2.45, 2.75) is 6.92 Å². The number of hydrogen-bond acceptors (Lipinski definition) is 0. The third-order valence-corrected chi connectivity index (χ3v) is 8.55. The molecule has 0 amide bonds. The summed E-state index contributed by atoms with van der Waals surface area (Å²) in [6.45, 7) is 2.32. The molecule has 3 aromatic carbocycles. The Morgan fingerprint density at radius 3 is 1.05 bits per heavy atom. The molecule has 0 atom stereocenters. The van der Waals surface area contributed by atoms with Gasteiger partial charge in [-0.05, 0) is 43.3 Å². The van der Waals surface area contributed by atoms with Gasteiger partial charge in [-0.3, -0.25) is 0 Å². The Labute approximate surface area is 151 Å². The summed E-state index contributed by atoms with van der Waals surface area (Å²) in [4.78, 5) is 0. The van der Waals surface area contributed by atoms with Crippen molar-refractivity contribution in [1.29, 1.82) is 0 Å². The molecule has 0 aliphatic heterocycles. The average Bonchev–Trinajstić information content (AvgIpc) is 2.59. The molecule has 0 heterocycles. The van der Waals surface area contributed by atoms with Crippen LogP contribution in [0.1, 0.15) is 6.92 Å². The van der Waals surface area contributed by atoms with E-state index < -0.39 is 7.26 Å². The first-order valence-corrected chi connectivity index (χ1v) is 9.40. The van der Waals surface area contributed by atoms with Crippen molar-refractivity contribution in [3.63, 3.8) is 0 Å². The van der Waals surface area contributed by atoms with E-state index >= 15 is 0 Å². The minimum atomic E-state index is -1.53. The molecule has 0 N–H and O–H groups in total. The van der Waals surface area contributed by atoms with Crippen LogP contribution in [0.25, 0.3) is 0 Å². The Morgan fingerprint density at radius 2 is 0.818 bits per heavy atom. The van der Waals surface area contributed by atoms with E-state index in [4.69, 9.17) is 0 Å². The van der Waals surface area contributed by atoms with E-state index in [0.717, 1.165) is 6.16 Å². The fraction of sp³-hybridized carbons (Fsp3) is 0.100. The van der Waals surface area contributed by atoms with Crippen LogP contribution in [0.2, 0.25) is 0 Å². The molecular weight excluding hydrogens is 393 g/mol. The van der Waals surface area contributed by atoms with Crippen LogP contribution in [0.5, 0.6) is 0 Å². The fourth-order valence-corrected chi connectivity index (χ4v) is 7.08. The second-order valence-corrected chi connectivity index (χ2v) is 8.93. The molecule has 0 saturated carbocycles. The molecule has 0 aromatic heterocycles. The van der Waals surface area contributed by atoms with Crippen LogP contribution in [-0.2, 0) is 0 Å². The van der Waals surface area contributed by atoms with E-state index in [1.807, 2.05) is 0 Å². The predicted octanol–water partition coefficient (Wildman–Crippen LogP) is 2.82. The van der Waals surface area contributed by atoms with Crippen LogP contribution in [0.3, 0.4) is 0 Å². The predicted molar refractivity (Wildman–Crippen MR) is 106 cm³/mol. The van der Waals surface area contributed by atoms with Gasteiger partial charge in [-0.15, -0.1) is 0 Å². The molecule has 0 unspecified atom stereocenters. The molecule has 0 aliphatic carbocycles. The van der Waals surface area contributed by atoms with Crippen molar-refractivity contribution in [3.05, 3.63) is 91.0 Å². The van der Waals surface area contributed by atoms with Gasteiger partial charge in [-0.2, -0.15) is 0 Å². The minimum absolute atomic E-state index is 0. The van der Waals surface area contributed by atoms with Gasteiger partial charge in [-0.25, -0.2) is 0 Å². The van der Waals surface area contributed by atoms with E-state index in [9.17, 15) is 0 Å². The molecule has 2 heteroatoms. The van der Waals surface area contributed by atoms with Crippen molar-refractivity contribution in [1.82, 2.24) is 0 Å². The van der Waals surface area contributed by atoms with Crippen LogP contribution >= 0.6 is 7.26 Å². The van der Waals surface area contributed by atoms with Gasteiger partial charge >= 0.3 is 24.4 Å². The first kappa shape index (κ1) is 17.3. The molecule has 0 bridgehead atoms. The molecule has 0 nitrogen and oxygen atoms in total. The van der Waals surface area contributed by atoms with Crippen LogP contribution in [0.4, 0.5) is 0 Å². The quantitative estimate of drug-likeness (QED) is 0.454. The molecule has 0 radical (unpaired) electrons. The third-order valence-electron chi connectivity index (χ3n) is 4.07. The summed E-state index contributed by atoms with van der Waals surface area (Å²) in [7, 11) is -1.53. The zero-order valence-electron chi connectivity index (χ0n) is 13.0. The Balaban J connectivity index is 0.00000176. The van der Waals surface area contributed by atoms with Gasteiger partial charge in [0.25, 0.3) is 0 Å². The number of rotatable bonds is 4. The molecular formula is C20H23PSb+. The molecule has 0 fully saturated rings. The second kappa shape index (κ2) is 7.96. The average molecular weight is 416 g/mol. The SMILES string of the molecule is CC[P+](c1ccccc1)(c1ccccc1)c1ccccc1.[SbH3]. The zero-order chi connectivity index (χ0) is 14.5. The van der Waals surface area contributed by atoms with Crippen molar-refractivity contribution < 1.29 is 0 Å². The number of hydrogen-bond donors (Lipinski definition) is 0. The maximum atomic E-state index is 2.32. The molecule has 0 spiro atoms. The van der Waals surface area contributed by atoms with Gasteiger partial charge in [0.05, 0.1) is 6.16 Å². The van der Waals surface area contributed by atoms with Gasteiger partial charge < -0.3 is 0 Å². The normalized spacial score (nSPS) is 10.8. The fourth-order valence-electron chi connectivity index (χ4n) is 3.04. The summed E-state index contributed by atoms with van der Waals surface area (Å²) in [6, 6.07) is 33.0. The Morgan fingerprint density at radius 1 is 0.545 bits per heavy atom.